The van der Waals surface area contributed by atoms with E-state index in [1.54, 1.807) is 0 Å². The van der Waals surface area contributed by atoms with Gasteiger partial charge < -0.3 is 15.4 Å². The van der Waals surface area contributed by atoms with Crippen LogP contribution in [0.1, 0.15) is 35.3 Å². The maximum absolute atomic E-state index is 15.9. The topological polar surface area (TPSA) is 118 Å². The van der Waals surface area contributed by atoms with E-state index in [9.17, 15) is 40.7 Å². The number of carbonyl (C=O) groups excluding carboxylic acids is 3. The maximum Gasteiger partial charge on any atom is 0.491 e. The zero-order valence-corrected chi connectivity index (χ0v) is 24.9. The lowest BCUT2D eigenvalue weighted by atomic mass is 10.0. The molecule has 2 aliphatic heterocycles. The van der Waals surface area contributed by atoms with Gasteiger partial charge >= 0.3 is 18.3 Å². The third-order valence-corrected chi connectivity index (χ3v) is 7.63. The standard InChI is InChI=1S/C28H25F7N6O4S/c1-26(2)23(43)40(16-4-3-15(14-36)18(13-16)27(30,31)32)25(46)41(26)19-6-5-17(20(29)21(19)45-24(44)28(33,34)35)22(42)38-9-12-39-10-7-37-8-11-39/h3-6,13,37H,7-12H2,1-2H3,(H,38,42). The molecule has 4 rings (SSSR count). The van der Waals surface area contributed by atoms with Gasteiger partial charge in [-0.15, -0.1) is 0 Å². The predicted molar refractivity (Wildman–Crippen MR) is 153 cm³/mol. The summed E-state index contributed by atoms with van der Waals surface area (Å²) >= 11 is 5.35. The van der Waals surface area contributed by atoms with Crippen LogP contribution < -0.4 is 25.2 Å². The Labute approximate surface area is 262 Å². The van der Waals surface area contributed by atoms with E-state index in [4.69, 9.17) is 17.5 Å². The molecule has 0 bridgehead atoms. The fourth-order valence-corrected chi connectivity index (χ4v) is 5.45. The molecule has 0 radical (unpaired) electrons. The molecule has 2 N–H and O–H groups in total. The average molecular weight is 675 g/mol. The molecular formula is C28H25F7N6O4S. The van der Waals surface area contributed by atoms with Gasteiger partial charge in [0.1, 0.15) is 5.54 Å². The van der Waals surface area contributed by atoms with E-state index in [2.05, 4.69) is 15.4 Å². The highest BCUT2D eigenvalue weighted by atomic mass is 32.1. The Bertz CT molecular complexity index is 1620. The quantitative estimate of drug-likeness (QED) is 0.196. The number of piperazine rings is 1. The highest BCUT2D eigenvalue weighted by Gasteiger charge is 2.52. The first kappa shape index (κ1) is 34.5. The first-order valence-corrected chi connectivity index (χ1v) is 13.9. The van der Waals surface area contributed by atoms with Crippen LogP contribution in [0.3, 0.4) is 0 Å². The number of nitrogens with zero attached hydrogens (tertiary/aromatic N) is 4. The largest absolute Gasteiger partial charge is 0.491 e. The first-order valence-electron chi connectivity index (χ1n) is 13.5. The van der Waals surface area contributed by atoms with E-state index in [0.717, 1.165) is 42.3 Å². The molecule has 0 aromatic heterocycles. The molecule has 0 saturated carbocycles. The first-order chi connectivity index (χ1) is 21.4. The van der Waals surface area contributed by atoms with Gasteiger partial charge in [0.05, 0.1) is 34.1 Å². The number of amides is 2. The number of halogens is 7. The molecule has 2 aliphatic rings. The SMILES string of the molecule is CC1(C)C(=O)N(c2ccc(C#N)c(C(F)(F)F)c2)C(=S)N1c1ccc(C(=O)NCCN2CCNCC2)c(F)c1OC(=O)C(F)(F)F. The van der Waals surface area contributed by atoms with Crippen LogP contribution in [0.4, 0.5) is 42.1 Å². The van der Waals surface area contributed by atoms with E-state index >= 15 is 4.39 Å². The van der Waals surface area contributed by atoms with Gasteiger partial charge in [0.15, 0.2) is 16.7 Å². The molecule has 2 aromatic carbocycles. The Kier molecular flexibility index (Phi) is 9.62. The van der Waals surface area contributed by atoms with Gasteiger partial charge in [0.2, 0.25) is 0 Å². The van der Waals surface area contributed by atoms with Crippen molar-refractivity contribution in [2.24, 2.45) is 0 Å². The van der Waals surface area contributed by atoms with Crippen molar-refractivity contribution in [1.82, 2.24) is 15.5 Å². The van der Waals surface area contributed by atoms with Crippen molar-refractivity contribution >= 4 is 46.5 Å². The summed E-state index contributed by atoms with van der Waals surface area (Å²) in [5.41, 5.74) is -5.98. The van der Waals surface area contributed by atoms with Crippen LogP contribution in [0.2, 0.25) is 0 Å². The molecular weight excluding hydrogens is 649 g/mol. The summed E-state index contributed by atoms with van der Waals surface area (Å²) in [5.74, 6) is -7.95. The van der Waals surface area contributed by atoms with Crippen LogP contribution in [-0.4, -0.2) is 78.8 Å². The Morgan fingerprint density at radius 2 is 1.76 bits per heavy atom. The molecule has 2 saturated heterocycles. The number of hydrogen-bond donors (Lipinski definition) is 2. The third kappa shape index (κ3) is 6.76. The number of ether oxygens (including phenoxy) is 1. The van der Waals surface area contributed by atoms with Crippen molar-refractivity contribution in [2.75, 3.05) is 49.1 Å². The van der Waals surface area contributed by atoms with Crippen LogP contribution in [-0.2, 0) is 15.8 Å². The number of benzene rings is 2. The van der Waals surface area contributed by atoms with Crippen LogP contribution in [0.25, 0.3) is 0 Å². The average Bonchev–Trinajstić information content (AvgIpc) is 3.15. The van der Waals surface area contributed by atoms with Crippen molar-refractivity contribution in [3.63, 3.8) is 0 Å². The molecule has 246 valence electrons. The normalized spacial score (nSPS) is 17.2. The van der Waals surface area contributed by atoms with E-state index < -0.39 is 80.4 Å². The van der Waals surface area contributed by atoms with Crippen molar-refractivity contribution in [2.45, 2.75) is 31.7 Å². The number of hydrogen-bond acceptors (Lipinski definition) is 8. The number of nitriles is 1. The molecule has 46 heavy (non-hydrogen) atoms. The second-order valence-electron chi connectivity index (χ2n) is 10.7. The van der Waals surface area contributed by atoms with Crippen LogP contribution in [0, 0.1) is 17.1 Å². The summed E-state index contributed by atoms with van der Waals surface area (Å²) in [6.45, 7) is 5.66. The lowest BCUT2D eigenvalue weighted by molar-refractivity contribution is -0.189. The minimum absolute atomic E-state index is 0.0505. The van der Waals surface area contributed by atoms with Crippen LogP contribution in [0.15, 0.2) is 30.3 Å². The highest BCUT2D eigenvalue weighted by molar-refractivity contribution is 7.81. The maximum atomic E-state index is 15.9. The van der Waals surface area contributed by atoms with E-state index in [0.29, 0.717) is 30.6 Å². The molecule has 0 atom stereocenters. The molecule has 0 unspecified atom stereocenters. The molecule has 2 amide bonds. The number of rotatable bonds is 7. The summed E-state index contributed by atoms with van der Waals surface area (Å²) in [5, 5.41) is 14.1. The predicted octanol–water partition coefficient (Wildman–Crippen LogP) is 3.74. The Morgan fingerprint density at radius 3 is 2.35 bits per heavy atom. The second kappa shape index (κ2) is 12.8. The number of carbonyl (C=O) groups is 3. The molecule has 10 nitrogen and oxygen atoms in total. The molecule has 2 fully saturated rings. The summed E-state index contributed by atoms with van der Waals surface area (Å²) in [6, 6.07) is 5.46. The Hall–Kier alpha value is -4.34. The summed E-state index contributed by atoms with van der Waals surface area (Å²) < 4.78 is 101. The van der Waals surface area contributed by atoms with Crippen molar-refractivity contribution < 1.29 is 49.9 Å². The Balaban J connectivity index is 1.75. The van der Waals surface area contributed by atoms with E-state index in [1.165, 1.54) is 19.9 Å². The fraction of sp³-hybridized carbons (Fsp3) is 0.393. The zero-order chi connectivity index (χ0) is 34.2. The van der Waals surface area contributed by atoms with Gasteiger partial charge in [-0.2, -0.15) is 31.6 Å². The summed E-state index contributed by atoms with van der Waals surface area (Å²) in [6.07, 6.45) is -10.6. The van der Waals surface area contributed by atoms with Crippen molar-refractivity contribution in [3.8, 4) is 11.8 Å². The van der Waals surface area contributed by atoms with Gasteiger partial charge in [-0.05, 0) is 56.4 Å². The minimum atomic E-state index is -5.61. The summed E-state index contributed by atoms with van der Waals surface area (Å²) in [7, 11) is 0. The lowest BCUT2D eigenvalue weighted by Gasteiger charge is -2.31. The van der Waals surface area contributed by atoms with Crippen LogP contribution in [0.5, 0.6) is 5.75 Å². The number of anilines is 2. The molecule has 0 aliphatic carbocycles. The van der Waals surface area contributed by atoms with Gasteiger partial charge in [0.25, 0.3) is 11.8 Å². The van der Waals surface area contributed by atoms with E-state index in [-0.39, 0.29) is 6.54 Å². The number of alkyl halides is 6. The van der Waals surface area contributed by atoms with Gasteiger partial charge in [-0.25, -0.2) is 9.18 Å². The number of nitrogens with one attached hydrogen (secondary N) is 2. The van der Waals surface area contributed by atoms with E-state index in [1.807, 2.05) is 4.90 Å². The number of thiocarbonyl (C=S) groups is 1. The van der Waals surface area contributed by atoms with Gasteiger partial charge in [-0.3, -0.25) is 24.3 Å². The molecule has 18 heteroatoms. The second-order valence-corrected chi connectivity index (χ2v) is 11.0. The Morgan fingerprint density at radius 1 is 1.11 bits per heavy atom. The van der Waals surface area contributed by atoms with Crippen molar-refractivity contribution in [1.29, 1.82) is 5.26 Å². The highest BCUT2D eigenvalue weighted by Crippen LogP contribution is 2.44. The molecule has 2 heterocycles. The van der Waals surface area contributed by atoms with Gasteiger partial charge in [0, 0.05) is 39.3 Å². The van der Waals surface area contributed by atoms with Gasteiger partial charge in [-0.1, -0.05) is 0 Å². The summed E-state index contributed by atoms with van der Waals surface area (Å²) in [4.78, 5) is 41.7. The minimum Gasteiger partial charge on any atom is -0.414 e. The number of esters is 1. The fourth-order valence-electron chi connectivity index (χ4n) is 4.93. The molecule has 2 aromatic rings. The monoisotopic (exact) mass is 674 g/mol. The molecule has 0 spiro atoms. The smallest absolute Gasteiger partial charge is 0.414 e. The zero-order valence-electron chi connectivity index (χ0n) is 24.1. The third-order valence-electron chi connectivity index (χ3n) is 7.27. The lowest BCUT2D eigenvalue weighted by Crippen LogP contribution is -2.46. The van der Waals surface area contributed by atoms with Crippen molar-refractivity contribution in [3.05, 3.63) is 52.8 Å². The van der Waals surface area contributed by atoms with Crippen LogP contribution >= 0.6 is 12.2 Å².